The summed E-state index contributed by atoms with van der Waals surface area (Å²) in [6, 6.07) is 8.28. The molecule has 0 N–H and O–H groups in total. The summed E-state index contributed by atoms with van der Waals surface area (Å²) in [4.78, 5) is 28.6. The molecule has 0 radical (unpaired) electrons. The molecule has 2 aliphatic rings. The summed E-state index contributed by atoms with van der Waals surface area (Å²) >= 11 is 6.11. The van der Waals surface area contributed by atoms with Crippen molar-refractivity contribution in [3.63, 3.8) is 0 Å². The molecule has 2 atom stereocenters. The number of methoxy groups -OCH3 is 2. The van der Waals surface area contributed by atoms with Gasteiger partial charge < -0.3 is 18.8 Å². The quantitative estimate of drug-likeness (QED) is 0.554. The maximum absolute atomic E-state index is 13.6. The molecule has 2 aliphatic heterocycles. The van der Waals surface area contributed by atoms with Gasteiger partial charge in [-0.25, -0.2) is 8.42 Å². The molecule has 2 aromatic carbocycles. The van der Waals surface area contributed by atoms with Crippen molar-refractivity contribution in [1.29, 1.82) is 0 Å². The van der Waals surface area contributed by atoms with Crippen molar-refractivity contribution in [3.8, 4) is 11.5 Å². The van der Waals surface area contributed by atoms with Crippen LogP contribution in [0.2, 0.25) is 5.02 Å². The number of amides is 1. The molecular formula is C23H20ClNO7S. The number of sulfone groups is 1. The third-order valence-electron chi connectivity index (χ3n) is 6.19. The van der Waals surface area contributed by atoms with Crippen molar-refractivity contribution < 1.29 is 27.1 Å². The van der Waals surface area contributed by atoms with Crippen LogP contribution in [0.5, 0.6) is 11.5 Å². The van der Waals surface area contributed by atoms with E-state index in [1.807, 2.05) is 0 Å². The van der Waals surface area contributed by atoms with Gasteiger partial charge in [-0.1, -0.05) is 17.7 Å². The van der Waals surface area contributed by atoms with Crippen molar-refractivity contribution in [2.75, 3.05) is 25.7 Å². The molecule has 0 saturated carbocycles. The molecule has 172 valence electrons. The van der Waals surface area contributed by atoms with Gasteiger partial charge in [0.2, 0.25) is 5.76 Å². The SMILES string of the molecule is COc1ccc(C2c3c(oc4ccc(Cl)cc4c3=O)C(=O)N2C2CCS(=O)(=O)C2)cc1OC. The van der Waals surface area contributed by atoms with E-state index in [1.54, 1.807) is 30.3 Å². The van der Waals surface area contributed by atoms with E-state index in [2.05, 4.69) is 0 Å². The maximum Gasteiger partial charge on any atom is 0.291 e. The summed E-state index contributed by atoms with van der Waals surface area (Å²) in [6.07, 6.45) is 0.283. The number of carbonyl (C=O) groups excluding carboxylic acids is 1. The van der Waals surface area contributed by atoms with Gasteiger partial charge in [-0.05, 0) is 42.3 Å². The van der Waals surface area contributed by atoms with E-state index in [0.717, 1.165) is 0 Å². The lowest BCUT2D eigenvalue weighted by atomic mass is 9.97. The zero-order valence-electron chi connectivity index (χ0n) is 17.8. The molecule has 1 aromatic heterocycles. The number of halogens is 1. The molecule has 1 fully saturated rings. The molecule has 5 rings (SSSR count). The van der Waals surface area contributed by atoms with Crippen LogP contribution >= 0.6 is 11.6 Å². The Labute approximate surface area is 194 Å². The Bertz CT molecular complexity index is 1460. The van der Waals surface area contributed by atoms with Gasteiger partial charge in [0.05, 0.1) is 42.7 Å². The molecule has 0 aliphatic carbocycles. The number of hydrogen-bond donors (Lipinski definition) is 0. The van der Waals surface area contributed by atoms with Crippen LogP contribution < -0.4 is 14.9 Å². The smallest absolute Gasteiger partial charge is 0.291 e. The molecule has 10 heteroatoms. The second-order valence-electron chi connectivity index (χ2n) is 8.10. The van der Waals surface area contributed by atoms with Crippen LogP contribution in [0, 0.1) is 0 Å². The molecule has 0 spiro atoms. The predicted octanol–water partition coefficient (Wildman–Crippen LogP) is 3.20. The van der Waals surface area contributed by atoms with Crippen molar-refractivity contribution in [1.82, 2.24) is 4.90 Å². The first-order valence-electron chi connectivity index (χ1n) is 10.3. The van der Waals surface area contributed by atoms with Crippen molar-refractivity contribution >= 4 is 38.3 Å². The van der Waals surface area contributed by atoms with Gasteiger partial charge in [-0.15, -0.1) is 0 Å². The summed E-state index contributed by atoms with van der Waals surface area (Å²) < 4.78 is 41.1. The van der Waals surface area contributed by atoms with Gasteiger partial charge in [0, 0.05) is 11.1 Å². The fourth-order valence-corrected chi connectivity index (χ4v) is 6.57. The van der Waals surface area contributed by atoms with E-state index >= 15 is 0 Å². The lowest BCUT2D eigenvalue weighted by Crippen LogP contribution is -2.40. The van der Waals surface area contributed by atoms with E-state index in [0.29, 0.717) is 22.1 Å². The standard InChI is InChI=1S/C23H20ClNO7S/c1-30-17-5-3-12(9-18(17)31-2)20-19-21(26)15-10-13(24)4-6-16(15)32-22(19)23(27)25(20)14-7-8-33(28,29)11-14/h3-6,9-10,14,20H,7-8,11H2,1-2H3. The van der Waals surface area contributed by atoms with Gasteiger partial charge in [0.1, 0.15) is 5.58 Å². The monoisotopic (exact) mass is 489 g/mol. The van der Waals surface area contributed by atoms with Crippen LogP contribution in [0.15, 0.2) is 45.6 Å². The Balaban J connectivity index is 1.77. The first-order chi connectivity index (χ1) is 15.7. The zero-order valence-corrected chi connectivity index (χ0v) is 19.4. The van der Waals surface area contributed by atoms with Gasteiger partial charge in [0.15, 0.2) is 26.8 Å². The maximum atomic E-state index is 13.6. The van der Waals surface area contributed by atoms with Crippen LogP contribution in [-0.2, 0) is 9.84 Å². The highest BCUT2D eigenvalue weighted by Gasteiger charge is 2.48. The molecular weight excluding hydrogens is 470 g/mol. The number of rotatable bonds is 4. The second kappa shape index (κ2) is 7.78. The van der Waals surface area contributed by atoms with Crippen molar-refractivity contribution in [2.45, 2.75) is 18.5 Å². The molecule has 1 amide bonds. The fraction of sp³-hybridized carbons (Fsp3) is 0.304. The topological polar surface area (TPSA) is 103 Å². The predicted molar refractivity (Wildman–Crippen MR) is 122 cm³/mol. The third-order valence-corrected chi connectivity index (χ3v) is 8.18. The molecule has 8 nitrogen and oxygen atoms in total. The highest BCUT2D eigenvalue weighted by Crippen LogP contribution is 2.43. The largest absolute Gasteiger partial charge is 0.493 e. The Morgan fingerprint density at radius 3 is 2.48 bits per heavy atom. The van der Waals surface area contributed by atoms with Crippen LogP contribution in [0.3, 0.4) is 0 Å². The van der Waals surface area contributed by atoms with E-state index in [4.69, 9.17) is 25.5 Å². The van der Waals surface area contributed by atoms with Gasteiger partial charge in [0.25, 0.3) is 5.91 Å². The molecule has 0 bridgehead atoms. The number of ether oxygens (including phenoxy) is 2. The van der Waals surface area contributed by atoms with Crippen LogP contribution in [0.25, 0.3) is 11.0 Å². The van der Waals surface area contributed by atoms with E-state index < -0.39 is 27.8 Å². The lowest BCUT2D eigenvalue weighted by Gasteiger charge is -2.30. The Morgan fingerprint density at radius 1 is 1.06 bits per heavy atom. The first kappa shape index (κ1) is 21.8. The van der Waals surface area contributed by atoms with E-state index in [1.165, 1.54) is 25.2 Å². The average Bonchev–Trinajstić information content (AvgIpc) is 3.30. The Morgan fingerprint density at radius 2 is 1.82 bits per heavy atom. The number of nitrogens with zero attached hydrogens (tertiary/aromatic N) is 1. The molecule has 3 heterocycles. The van der Waals surface area contributed by atoms with Crippen LogP contribution in [-0.4, -0.2) is 51.0 Å². The Kier molecular flexibility index (Phi) is 5.13. The van der Waals surface area contributed by atoms with E-state index in [-0.39, 0.29) is 45.6 Å². The number of benzene rings is 2. The first-order valence-corrected chi connectivity index (χ1v) is 12.5. The zero-order chi connectivity index (χ0) is 23.5. The van der Waals surface area contributed by atoms with Crippen LogP contribution in [0.4, 0.5) is 0 Å². The summed E-state index contributed by atoms with van der Waals surface area (Å²) in [5, 5.41) is 0.612. The van der Waals surface area contributed by atoms with Gasteiger partial charge in [-0.3, -0.25) is 9.59 Å². The van der Waals surface area contributed by atoms with E-state index in [9.17, 15) is 18.0 Å². The number of fused-ring (bicyclic) bond motifs is 2. The second-order valence-corrected chi connectivity index (χ2v) is 10.8. The highest BCUT2D eigenvalue weighted by molar-refractivity contribution is 7.91. The minimum absolute atomic E-state index is 0.0184. The fourth-order valence-electron chi connectivity index (χ4n) is 4.68. The highest BCUT2D eigenvalue weighted by atomic mass is 35.5. The number of hydrogen-bond acceptors (Lipinski definition) is 7. The summed E-state index contributed by atoms with van der Waals surface area (Å²) in [5.74, 6) is 0.117. The third kappa shape index (κ3) is 3.46. The van der Waals surface area contributed by atoms with Crippen LogP contribution in [0.1, 0.15) is 34.1 Å². The van der Waals surface area contributed by atoms with Gasteiger partial charge >= 0.3 is 0 Å². The van der Waals surface area contributed by atoms with Gasteiger partial charge in [-0.2, -0.15) is 0 Å². The summed E-state index contributed by atoms with van der Waals surface area (Å²) in [7, 11) is -0.299. The normalized spacial score (nSPS) is 21.4. The minimum Gasteiger partial charge on any atom is -0.493 e. The molecule has 1 saturated heterocycles. The minimum atomic E-state index is -3.29. The number of carbonyl (C=O) groups is 1. The molecule has 2 unspecified atom stereocenters. The summed E-state index contributed by atoms with van der Waals surface area (Å²) in [6.45, 7) is 0. The summed E-state index contributed by atoms with van der Waals surface area (Å²) in [5.41, 5.74) is 0.595. The lowest BCUT2D eigenvalue weighted by molar-refractivity contribution is 0.0662. The Hall–Kier alpha value is -3.04. The average molecular weight is 490 g/mol. The van der Waals surface area contributed by atoms with Crippen molar-refractivity contribution in [2.24, 2.45) is 0 Å². The molecule has 3 aromatic rings. The molecule has 33 heavy (non-hydrogen) atoms. The van der Waals surface area contributed by atoms with Crippen molar-refractivity contribution in [3.05, 3.63) is 68.5 Å².